The number of halogens is 1. The molecule has 1 aromatic rings. The summed E-state index contributed by atoms with van der Waals surface area (Å²) in [6.45, 7) is 1.86. The van der Waals surface area contributed by atoms with E-state index in [1.165, 1.54) is 18.6 Å². The minimum absolute atomic E-state index is 0.225. The molecular weight excluding hydrogens is 191 g/mol. The van der Waals surface area contributed by atoms with Gasteiger partial charge in [0.25, 0.3) is 0 Å². The first-order valence-electron chi connectivity index (χ1n) is 5.55. The molecule has 1 aliphatic carbocycles. The highest BCUT2D eigenvalue weighted by atomic mass is 19.1. The molecule has 15 heavy (non-hydrogen) atoms. The van der Waals surface area contributed by atoms with Gasteiger partial charge in [-0.25, -0.2) is 4.39 Å². The standard InChI is InChI=1S/C13H17FO/c1-13(15,11-5-3-6-11)9-10-4-2-7-12(14)8-10/h2,4,7-8,11,15H,3,5-6,9H2,1H3. The normalized spacial score (nSPS) is 20.7. The smallest absolute Gasteiger partial charge is 0.123 e. The fraction of sp³-hybridized carbons (Fsp3) is 0.538. The predicted molar refractivity (Wildman–Crippen MR) is 58.1 cm³/mol. The van der Waals surface area contributed by atoms with E-state index in [0.717, 1.165) is 18.4 Å². The van der Waals surface area contributed by atoms with Crippen molar-refractivity contribution in [1.29, 1.82) is 0 Å². The SMILES string of the molecule is CC(O)(Cc1cccc(F)c1)C1CCC1. The van der Waals surface area contributed by atoms with E-state index in [0.29, 0.717) is 12.3 Å². The molecule has 0 bridgehead atoms. The fourth-order valence-corrected chi connectivity index (χ4v) is 2.23. The van der Waals surface area contributed by atoms with Crippen molar-refractivity contribution < 1.29 is 9.50 Å². The molecule has 1 N–H and O–H groups in total. The van der Waals surface area contributed by atoms with Crippen molar-refractivity contribution in [3.63, 3.8) is 0 Å². The summed E-state index contributed by atoms with van der Waals surface area (Å²) in [7, 11) is 0. The molecule has 0 heterocycles. The lowest BCUT2D eigenvalue weighted by Gasteiger charge is -2.39. The van der Waals surface area contributed by atoms with Crippen LogP contribution < -0.4 is 0 Å². The van der Waals surface area contributed by atoms with Crippen LogP contribution in [-0.4, -0.2) is 10.7 Å². The van der Waals surface area contributed by atoms with Gasteiger partial charge in [0.2, 0.25) is 0 Å². The van der Waals surface area contributed by atoms with Gasteiger partial charge in [-0.2, -0.15) is 0 Å². The van der Waals surface area contributed by atoms with Gasteiger partial charge in [0.15, 0.2) is 0 Å². The van der Waals surface area contributed by atoms with E-state index in [1.54, 1.807) is 6.07 Å². The van der Waals surface area contributed by atoms with Crippen LogP contribution >= 0.6 is 0 Å². The molecule has 0 saturated heterocycles. The van der Waals surface area contributed by atoms with E-state index >= 15 is 0 Å². The zero-order valence-electron chi connectivity index (χ0n) is 9.04. The van der Waals surface area contributed by atoms with Gasteiger partial charge in [-0.3, -0.25) is 0 Å². The Morgan fingerprint density at radius 3 is 2.73 bits per heavy atom. The summed E-state index contributed by atoms with van der Waals surface area (Å²) in [4.78, 5) is 0. The summed E-state index contributed by atoms with van der Waals surface area (Å²) >= 11 is 0. The zero-order valence-corrected chi connectivity index (χ0v) is 9.04. The molecule has 1 aromatic carbocycles. The second kappa shape index (κ2) is 3.93. The van der Waals surface area contributed by atoms with Gasteiger partial charge in [-0.05, 0) is 43.4 Å². The lowest BCUT2D eigenvalue weighted by molar-refractivity contribution is -0.0340. The monoisotopic (exact) mass is 208 g/mol. The van der Waals surface area contributed by atoms with Crippen LogP contribution in [0.5, 0.6) is 0 Å². The third kappa shape index (κ3) is 2.37. The molecule has 0 radical (unpaired) electrons. The molecule has 1 unspecified atom stereocenters. The van der Waals surface area contributed by atoms with Gasteiger partial charge in [-0.15, -0.1) is 0 Å². The fourth-order valence-electron chi connectivity index (χ4n) is 2.23. The second-order valence-corrected chi connectivity index (χ2v) is 4.79. The molecule has 82 valence electrons. The highest BCUT2D eigenvalue weighted by Gasteiger charge is 2.35. The molecular formula is C13H17FO. The van der Waals surface area contributed by atoms with E-state index in [1.807, 2.05) is 13.0 Å². The molecule has 1 fully saturated rings. The number of rotatable bonds is 3. The Bertz CT molecular complexity index is 342. The molecule has 1 atom stereocenters. The largest absolute Gasteiger partial charge is 0.390 e. The van der Waals surface area contributed by atoms with Crippen LogP contribution in [0.25, 0.3) is 0 Å². The van der Waals surface area contributed by atoms with Crippen LogP contribution in [0.3, 0.4) is 0 Å². The minimum Gasteiger partial charge on any atom is -0.390 e. The van der Waals surface area contributed by atoms with E-state index in [-0.39, 0.29) is 5.82 Å². The Morgan fingerprint density at radius 1 is 1.47 bits per heavy atom. The molecule has 0 aliphatic heterocycles. The van der Waals surface area contributed by atoms with Crippen molar-refractivity contribution in [3.8, 4) is 0 Å². The molecule has 2 heteroatoms. The van der Waals surface area contributed by atoms with Crippen molar-refractivity contribution in [2.75, 3.05) is 0 Å². The lowest BCUT2D eigenvalue weighted by atomic mass is 9.71. The first kappa shape index (κ1) is 10.6. The Labute approximate surface area is 89.9 Å². The number of benzene rings is 1. The molecule has 1 nitrogen and oxygen atoms in total. The molecule has 0 amide bonds. The van der Waals surface area contributed by atoms with Crippen LogP contribution in [0.15, 0.2) is 24.3 Å². The highest BCUT2D eigenvalue weighted by molar-refractivity contribution is 5.18. The topological polar surface area (TPSA) is 20.2 Å². The summed E-state index contributed by atoms with van der Waals surface area (Å²) in [5.41, 5.74) is 0.207. The first-order chi connectivity index (χ1) is 7.08. The van der Waals surface area contributed by atoms with E-state index < -0.39 is 5.60 Å². The number of hydrogen-bond donors (Lipinski definition) is 1. The maximum absolute atomic E-state index is 13.0. The maximum Gasteiger partial charge on any atom is 0.123 e. The molecule has 0 aromatic heterocycles. The maximum atomic E-state index is 13.0. The van der Waals surface area contributed by atoms with E-state index in [2.05, 4.69) is 0 Å². The summed E-state index contributed by atoms with van der Waals surface area (Å²) in [6, 6.07) is 6.51. The summed E-state index contributed by atoms with van der Waals surface area (Å²) in [5.74, 6) is 0.165. The Kier molecular flexibility index (Phi) is 2.79. The van der Waals surface area contributed by atoms with Crippen LogP contribution in [0, 0.1) is 11.7 Å². The third-order valence-electron chi connectivity index (χ3n) is 3.44. The van der Waals surface area contributed by atoms with E-state index in [4.69, 9.17) is 0 Å². The number of aliphatic hydroxyl groups is 1. The van der Waals surface area contributed by atoms with Gasteiger partial charge in [0, 0.05) is 6.42 Å². The Balaban J connectivity index is 2.06. The predicted octanol–water partition coefficient (Wildman–Crippen LogP) is 2.92. The van der Waals surface area contributed by atoms with Gasteiger partial charge in [-0.1, -0.05) is 18.6 Å². The molecule has 1 saturated carbocycles. The van der Waals surface area contributed by atoms with Crippen molar-refractivity contribution in [1.82, 2.24) is 0 Å². The van der Waals surface area contributed by atoms with Crippen molar-refractivity contribution in [2.24, 2.45) is 5.92 Å². The average Bonchev–Trinajstić information content (AvgIpc) is 1.97. The minimum atomic E-state index is -0.675. The summed E-state index contributed by atoms with van der Waals surface area (Å²) in [5, 5.41) is 10.3. The molecule has 1 aliphatic rings. The van der Waals surface area contributed by atoms with Crippen molar-refractivity contribution in [2.45, 2.75) is 38.2 Å². The van der Waals surface area contributed by atoms with Gasteiger partial charge >= 0.3 is 0 Å². The van der Waals surface area contributed by atoms with Gasteiger partial charge < -0.3 is 5.11 Å². The number of hydrogen-bond acceptors (Lipinski definition) is 1. The van der Waals surface area contributed by atoms with Crippen LogP contribution in [0.2, 0.25) is 0 Å². The highest BCUT2D eigenvalue weighted by Crippen LogP contribution is 2.37. The molecule has 0 spiro atoms. The van der Waals surface area contributed by atoms with Crippen molar-refractivity contribution >= 4 is 0 Å². The van der Waals surface area contributed by atoms with Gasteiger partial charge in [0.05, 0.1) is 5.60 Å². The average molecular weight is 208 g/mol. The Morgan fingerprint density at radius 2 is 2.20 bits per heavy atom. The van der Waals surface area contributed by atoms with E-state index in [9.17, 15) is 9.50 Å². The summed E-state index contributed by atoms with van der Waals surface area (Å²) in [6.07, 6.45) is 3.96. The zero-order chi connectivity index (χ0) is 10.9. The van der Waals surface area contributed by atoms with Crippen LogP contribution in [0.1, 0.15) is 31.7 Å². The van der Waals surface area contributed by atoms with Crippen LogP contribution in [0.4, 0.5) is 4.39 Å². The van der Waals surface area contributed by atoms with Crippen LogP contribution in [-0.2, 0) is 6.42 Å². The first-order valence-corrected chi connectivity index (χ1v) is 5.55. The van der Waals surface area contributed by atoms with Crippen molar-refractivity contribution in [3.05, 3.63) is 35.6 Å². The van der Waals surface area contributed by atoms with Gasteiger partial charge in [0.1, 0.15) is 5.82 Å². The summed E-state index contributed by atoms with van der Waals surface area (Å²) < 4.78 is 13.0. The third-order valence-corrected chi connectivity index (χ3v) is 3.44. The molecule has 2 rings (SSSR count). The second-order valence-electron chi connectivity index (χ2n) is 4.79. The quantitative estimate of drug-likeness (QED) is 0.809. The Hall–Kier alpha value is -0.890. The lowest BCUT2D eigenvalue weighted by Crippen LogP contribution is -2.40.